The molecule has 12 heteroatoms. The second kappa shape index (κ2) is 15.2. The van der Waals surface area contributed by atoms with Crippen molar-refractivity contribution in [2.24, 2.45) is 0 Å². The van der Waals surface area contributed by atoms with Crippen LogP contribution < -0.4 is 20.7 Å². The van der Waals surface area contributed by atoms with Crippen molar-refractivity contribution in [2.45, 2.75) is 83.9 Å². The van der Waals surface area contributed by atoms with Crippen LogP contribution in [0.1, 0.15) is 102 Å². The maximum atomic E-state index is 14.2. The highest BCUT2D eigenvalue weighted by atomic mass is 32.1. The van der Waals surface area contributed by atoms with Crippen molar-refractivity contribution >= 4 is 40.9 Å². The van der Waals surface area contributed by atoms with Crippen molar-refractivity contribution in [3.05, 3.63) is 88.1 Å². The maximum Gasteiger partial charge on any atom is 0.407 e. The average Bonchev–Trinajstić information content (AvgIpc) is 3.51. The minimum Gasteiger partial charge on any atom is -0.493 e. The number of carbonyl (C=O) groups excluding carboxylic acids is 4. The highest BCUT2D eigenvalue weighted by molar-refractivity contribution is 7.13. The summed E-state index contributed by atoms with van der Waals surface area (Å²) in [6, 6.07) is 15.9. The summed E-state index contributed by atoms with van der Waals surface area (Å²) in [6.07, 6.45) is 5.12. The molecule has 52 heavy (non-hydrogen) atoms. The second-order valence-electron chi connectivity index (χ2n) is 14.4. The average molecular weight is 725 g/mol. The first-order valence-corrected chi connectivity index (χ1v) is 18.4. The zero-order valence-corrected chi connectivity index (χ0v) is 31.0. The SMILES string of the molecule is COC(=O)c1nc(C(=O)NC2(C)CCCCC2)ccc1-c1cc2c(cc1C(=O)Nc1ccc(CNC(=O)OC(C)(C)C)cc1)-c1sccc1CCO2. The molecule has 3 N–H and O–H groups in total. The van der Waals surface area contributed by atoms with E-state index >= 15 is 0 Å². The van der Waals surface area contributed by atoms with E-state index in [-0.39, 0.29) is 34.9 Å². The number of rotatable bonds is 8. The number of esters is 1. The fraction of sp³-hybridized carbons (Fsp3) is 0.375. The topological polar surface area (TPSA) is 145 Å². The Morgan fingerprint density at radius 3 is 2.38 bits per heavy atom. The number of nitrogens with one attached hydrogen (secondary N) is 3. The molecule has 3 heterocycles. The number of anilines is 1. The molecule has 2 aromatic carbocycles. The normalized spacial score (nSPS) is 14.8. The van der Waals surface area contributed by atoms with Crippen LogP contribution in [0.15, 0.2) is 60.0 Å². The minimum atomic E-state index is -0.744. The molecule has 272 valence electrons. The summed E-state index contributed by atoms with van der Waals surface area (Å²) in [5, 5.41) is 10.9. The molecule has 0 bridgehead atoms. The summed E-state index contributed by atoms with van der Waals surface area (Å²) in [5.41, 5.74) is 3.25. The van der Waals surface area contributed by atoms with Gasteiger partial charge >= 0.3 is 12.1 Å². The van der Waals surface area contributed by atoms with E-state index in [0.717, 1.165) is 53.7 Å². The van der Waals surface area contributed by atoms with E-state index in [4.69, 9.17) is 14.2 Å². The minimum absolute atomic E-state index is 0.0810. The molecule has 1 aliphatic heterocycles. The highest BCUT2D eigenvalue weighted by Crippen LogP contribution is 2.43. The number of aromatic nitrogens is 1. The highest BCUT2D eigenvalue weighted by Gasteiger charge is 2.31. The van der Waals surface area contributed by atoms with E-state index in [9.17, 15) is 19.2 Å². The van der Waals surface area contributed by atoms with Crippen LogP contribution in [-0.2, 0) is 22.4 Å². The third kappa shape index (κ3) is 8.45. The fourth-order valence-electron chi connectivity index (χ4n) is 6.57. The summed E-state index contributed by atoms with van der Waals surface area (Å²) in [4.78, 5) is 58.6. The lowest BCUT2D eigenvalue weighted by Gasteiger charge is -2.34. The lowest BCUT2D eigenvalue weighted by Crippen LogP contribution is -2.47. The summed E-state index contributed by atoms with van der Waals surface area (Å²) in [6.45, 7) is 8.12. The molecule has 1 saturated carbocycles. The zero-order valence-electron chi connectivity index (χ0n) is 30.1. The lowest BCUT2D eigenvalue weighted by molar-refractivity contribution is 0.0521. The van der Waals surface area contributed by atoms with Crippen LogP contribution >= 0.6 is 11.3 Å². The number of hydrogen-bond acceptors (Lipinski definition) is 9. The molecule has 6 rings (SSSR count). The molecule has 0 unspecified atom stereocenters. The van der Waals surface area contributed by atoms with Crippen LogP contribution in [0.4, 0.5) is 10.5 Å². The largest absolute Gasteiger partial charge is 0.493 e. The van der Waals surface area contributed by atoms with Gasteiger partial charge in [0.05, 0.1) is 13.7 Å². The number of alkyl carbamates (subject to hydrolysis) is 1. The molecule has 2 aromatic heterocycles. The summed E-state index contributed by atoms with van der Waals surface area (Å²) >= 11 is 1.57. The second-order valence-corrected chi connectivity index (χ2v) is 15.3. The number of fused-ring (bicyclic) bond motifs is 3. The van der Waals surface area contributed by atoms with Crippen LogP contribution in [0.3, 0.4) is 0 Å². The predicted molar refractivity (Wildman–Crippen MR) is 200 cm³/mol. The molecule has 1 aliphatic carbocycles. The Hall–Kier alpha value is -5.23. The van der Waals surface area contributed by atoms with E-state index in [1.807, 2.05) is 12.3 Å². The van der Waals surface area contributed by atoms with Crippen molar-refractivity contribution in [3.63, 3.8) is 0 Å². The smallest absolute Gasteiger partial charge is 0.407 e. The third-order valence-corrected chi connectivity index (χ3v) is 10.2. The van der Waals surface area contributed by atoms with Gasteiger partial charge in [-0.25, -0.2) is 14.6 Å². The zero-order chi connectivity index (χ0) is 37.0. The van der Waals surface area contributed by atoms with Crippen molar-refractivity contribution in [3.8, 4) is 27.3 Å². The number of pyridine rings is 1. The van der Waals surface area contributed by atoms with Gasteiger partial charge in [-0.05, 0) is 99.5 Å². The number of ether oxygens (including phenoxy) is 3. The van der Waals surface area contributed by atoms with Crippen LogP contribution in [0.25, 0.3) is 21.6 Å². The van der Waals surface area contributed by atoms with Crippen molar-refractivity contribution in [2.75, 3.05) is 19.0 Å². The molecule has 0 spiro atoms. The van der Waals surface area contributed by atoms with Gasteiger partial charge in [0.2, 0.25) is 0 Å². The number of benzene rings is 2. The number of nitrogens with zero attached hydrogens (tertiary/aromatic N) is 1. The van der Waals surface area contributed by atoms with Crippen molar-refractivity contribution in [1.82, 2.24) is 15.6 Å². The van der Waals surface area contributed by atoms with Gasteiger partial charge in [0, 0.05) is 51.3 Å². The van der Waals surface area contributed by atoms with Crippen molar-refractivity contribution < 1.29 is 33.4 Å². The Balaban J connectivity index is 1.34. The van der Waals surface area contributed by atoms with Gasteiger partial charge in [-0.2, -0.15) is 0 Å². The van der Waals surface area contributed by atoms with Crippen LogP contribution in [0, 0.1) is 0 Å². The Morgan fingerprint density at radius 2 is 1.67 bits per heavy atom. The first kappa shape index (κ1) is 36.6. The maximum absolute atomic E-state index is 14.2. The van der Waals surface area contributed by atoms with E-state index in [1.165, 1.54) is 7.11 Å². The Morgan fingerprint density at radius 1 is 0.923 bits per heavy atom. The Kier molecular flexibility index (Phi) is 10.7. The summed E-state index contributed by atoms with van der Waals surface area (Å²) in [7, 11) is 1.25. The van der Waals surface area contributed by atoms with E-state index in [1.54, 1.807) is 80.6 Å². The van der Waals surface area contributed by atoms with Crippen LogP contribution in [0.2, 0.25) is 0 Å². The molecule has 0 radical (unpaired) electrons. The third-order valence-electron chi connectivity index (χ3n) is 9.20. The van der Waals surface area contributed by atoms with Crippen LogP contribution in [-0.4, -0.2) is 53.7 Å². The molecule has 0 saturated heterocycles. The van der Waals surface area contributed by atoms with Crippen molar-refractivity contribution in [1.29, 1.82) is 0 Å². The van der Waals surface area contributed by atoms with Gasteiger partial charge in [-0.1, -0.05) is 31.4 Å². The molecule has 4 aromatic rings. The van der Waals surface area contributed by atoms with Crippen LogP contribution in [0.5, 0.6) is 5.75 Å². The predicted octanol–water partition coefficient (Wildman–Crippen LogP) is 7.93. The standard InChI is InChI=1S/C40H44N4O7S/c1-39(2,3)51-38(48)41-23-24-9-11-26(12-10-24)42-35(45)29-21-30-32(50-19-15-25-16-20-52-34(25)30)22-28(29)27-13-14-31(43-33(27)37(47)49-5)36(46)44-40(4)17-7-6-8-18-40/h9-14,16,20-22H,6-8,15,17-19,23H2,1-5H3,(H,41,48)(H,42,45)(H,44,46). The van der Waals surface area contributed by atoms with Gasteiger partial charge in [-0.3, -0.25) is 9.59 Å². The molecule has 1 fully saturated rings. The fourth-order valence-corrected chi connectivity index (χ4v) is 7.55. The molecule has 2 aliphatic rings. The number of hydrogen-bond donors (Lipinski definition) is 3. The molecule has 0 atom stereocenters. The molecular weight excluding hydrogens is 681 g/mol. The number of amides is 3. The molecular formula is C40H44N4O7S. The Labute approximate surface area is 307 Å². The number of methoxy groups -OCH3 is 1. The monoisotopic (exact) mass is 724 g/mol. The van der Waals surface area contributed by atoms with Gasteiger partial charge < -0.3 is 30.2 Å². The van der Waals surface area contributed by atoms with Gasteiger partial charge in [0.15, 0.2) is 5.69 Å². The summed E-state index contributed by atoms with van der Waals surface area (Å²) in [5.74, 6) is -0.980. The molecule has 3 amide bonds. The first-order valence-electron chi connectivity index (χ1n) is 17.5. The molecule has 11 nitrogen and oxygen atoms in total. The Bertz CT molecular complexity index is 1990. The van der Waals surface area contributed by atoms with Gasteiger partial charge in [0.1, 0.15) is 17.0 Å². The summed E-state index contributed by atoms with van der Waals surface area (Å²) < 4.78 is 16.7. The number of thiophene rings is 1. The number of carbonyl (C=O) groups is 4. The lowest BCUT2D eigenvalue weighted by atomic mass is 9.83. The quantitative estimate of drug-likeness (QED) is 0.156. The van der Waals surface area contributed by atoms with Gasteiger partial charge in [-0.15, -0.1) is 11.3 Å². The van der Waals surface area contributed by atoms with E-state index < -0.39 is 23.6 Å². The van der Waals surface area contributed by atoms with Gasteiger partial charge in [0.25, 0.3) is 11.8 Å². The van der Waals surface area contributed by atoms with E-state index in [0.29, 0.717) is 35.6 Å². The first-order chi connectivity index (χ1) is 24.8. The van der Waals surface area contributed by atoms with E-state index in [2.05, 4.69) is 27.0 Å².